The van der Waals surface area contributed by atoms with Crippen molar-refractivity contribution in [2.75, 3.05) is 0 Å². The van der Waals surface area contributed by atoms with Crippen molar-refractivity contribution < 1.29 is 27.6 Å². The molecule has 0 fully saturated rings. The lowest BCUT2D eigenvalue weighted by atomic mass is 10.0. The highest BCUT2D eigenvalue weighted by atomic mass is 35.5. The maximum atomic E-state index is 13.5. The Morgan fingerprint density at radius 3 is 1.88 bits per heavy atom. The number of hydrogen-bond acceptors (Lipinski definition) is 4. The molecule has 0 aliphatic carbocycles. The summed E-state index contributed by atoms with van der Waals surface area (Å²) in [6.07, 6.45) is -4.48. The average Bonchev–Trinajstić information content (AvgIpc) is 2.97. The van der Waals surface area contributed by atoms with Gasteiger partial charge in [-0.25, -0.2) is 0 Å². The molecule has 5 N–H and O–H groups in total. The Morgan fingerprint density at radius 1 is 0.762 bits per heavy atom. The Morgan fingerprint density at radius 2 is 1.31 bits per heavy atom. The third-order valence-electron chi connectivity index (χ3n) is 6.48. The largest absolute Gasteiger partial charge is 0.416 e. The van der Waals surface area contributed by atoms with Crippen LogP contribution in [0.5, 0.6) is 0 Å². The fourth-order valence-corrected chi connectivity index (χ4v) is 4.38. The van der Waals surface area contributed by atoms with E-state index in [4.69, 9.17) is 28.9 Å². The van der Waals surface area contributed by atoms with Gasteiger partial charge in [0, 0.05) is 32.4 Å². The first-order valence-corrected chi connectivity index (χ1v) is 13.9. The lowest BCUT2D eigenvalue weighted by Gasteiger charge is -2.24. The Labute approximate surface area is 252 Å². The third kappa shape index (κ3) is 9.75. The molecule has 3 amide bonds. The molecule has 3 aromatic rings. The fraction of sp³-hybridized carbons (Fsp3) is 0.300. The highest BCUT2D eigenvalue weighted by Gasteiger charge is 2.31. The summed E-state index contributed by atoms with van der Waals surface area (Å²) in [6, 6.07) is 14.3. The van der Waals surface area contributed by atoms with Gasteiger partial charge in [0.25, 0.3) is 0 Å². The van der Waals surface area contributed by atoms with Gasteiger partial charge in [0.2, 0.25) is 17.7 Å². The van der Waals surface area contributed by atoms with Crippen molar-refractivity contribution in [2.24, 2.45) is 5.73 Å². The molecule has 0 aliphatic rings. The summed E-state index contributed by atoms with van der Waals surface area (Å²) in [4.78, 5) is 39.0. The minimum absolute atomic E-state index is 0.0509. The predicted octanol–water partition coefficient (Wildman–Crippen LogP) is 4.95. The molecule has 2 atom stereocenters. The lowest BCUT2D eigenvalue weighted by Crippen LogP contribution is -2.55. The minimum Gasteiger partial charge on any atom is -0.350 e. The molecule has 0 aliphatic heterocycles. The van der Waals surface area contributed by atoms with E-state index < -0.39 is 41.5 Å². The molecule has 42 heavy (non-hydrogen) atoms. The number of carbonyl (C=O) groups excluding carboxylic acids is 3. The predicted molar refractivity (Wildman–Crippen MR) is 156 cm³/mol. The van der Waals surface area contributed by atoms with Crippen molar-refractivity contribution in [1.29, 1.82) is 0 Å². The van der Waals surface area contributed by atoms with E-state index >= 15 is 0 Å². The molecule has 1 unspecified atom stereocenters. The molecule has 12 heteroatoms. The van der Waals surface area contributed by atoms with Crippen molar-refractivity contribution >= 4 is 40.9 Å². The second-order valence-electron chi connectivity index (χ2n) is 9.62. The number of rotatable bonds is 12. The Balaban J connectivity index is 1.81. The summed E-state index contributed by atoms with van der Waals surface area (Å²) in [5, 5.41) is 8.71. The number of amides is 3. The SMILES string of the molecule is CCC(=O)NC(Cc1ccc(C(F)(F)F)cc1)C(=O)N[C@@H](Cc1ccc(Cl)c(Cl)c1)C(=O)NCc1ccc(CN)cc1. The van der Waals surface area contributed by atoms with E-state index in [0.29, 0.717) is 22.7 Å². The number of hydrogen-bond donors (Lipinski definition) is 4. The second kappa shape index (κ2) is 15.0. The molecular weight excluding hydrogens is 592 g/mol. The molecule has 3 rings (SSSR count). The van der Waals surface area contributed by atoms with Crippen LogP contribution in [-0.4, -0.2) is 29.8 Å². The van der Waals surface area contributed by atoms with Crippen LogP contribution in [0.2, 0.25) is 10.0 Å². The third-order valence-corrected chi connectivity index (χ3v) is 7.22. The average molecular weight is 624 g/mol. The van der Waals surface area contributed by atoms with Gasteiger partial charge in [-0.1, -0.05) is 72.6 Å². The van der Waals surface area contributed by atoms with Crippen LogP contribution < -0.4 is 21.7 Å². The Hall–Kier alpha value is -3.60. The van der Waals surface area contributed by atoms with Crippen LogP contribution in [0, 0.1) is 0 Å². The first-order chi connectivity index (χ1) is 19.9. The van der Waals surface area contributed by atoms with E-state index in [1.165, 1.54) is 12.1 Å². The summed E-state index contributed by atoms with van der Waals surface area (Å²) in [5.74, 6) is -1.61. The van der Waals surface area contributed by atoms with Gasteiger partial charge < -0.3 is 21.7 Å². The van der Waals surface area contributed by atoms with Gasteiger partial charge in [-0.2, -0.15) is 13.2 Å². The van der Waals surface area contributed by atoms with Gasteiger partial charge in [0.15, 0.2) is 0 Å². The van der Waals surface area contributed by atoms with Gasteiger partial charge in [0.05, 0.1) is 15.6 Å². The molecule has 0 heterocycles. The zero-order valence-corrected chi connectivity index (χ0v) is 24.2. The number of alkyl halides is 3. The van der Waals surface area contributed by atoms with Crippen LogP contribution in [0.1, 0.15) is 41.2 Å². The monoisotopic (exact) mass is 622 g/mol. The second-order valence-corrected chi connectivity index (χ2v) is 10.4. The van der Waals surface area contributed by atoms with Crippen molar-refractivity contribution in [1.82, 2.24) is 16.0 Å². The Bertz CT molecular complexity index is 1380. The van der Waals surface area contributed by atoms with Crippen LogP contribution in [0.4, 0.5) is 13.2 Å². The van der Waals surface area contributed by atoms with Crippen LogP contribution >= 0.6 is 23.2 Å². The van der Waals surface area contributed by atoms with E-state index in [1.807, 2.05) is 24.3 Å². The zero-order valence-electron chi connectivity index (χ0n) is 22.7. The van der Waals surface area contributed by atoms with Crippen LogP contribution in [0.15, 0.2) is 66.7 Å². The van der Waals surface area contributed by atoms with E-state index in [2.05, 4.69) is 16.0 Å². The number of carbonyl (C=O) groups is 3. The summed E-state index contributed by atoms with van der Waals surface area (Å²) in [7, 11) is 0. The summed E-state index contributed by atoms with van der Waals surface area (Å²) in [5.41, 5.74) is 7.57. The molecule has 3 aromatic carbocycles. The minimum atomic E-state index is -4.51. The van der Waals surface area contributed by atoms with Crippen molar-refractivity contribution in [2.45, 2.75) is 57.5 Å². The van der Waals surface area contributed by atoms with Gasteiger partial charge in [0.1, 0.15) is 12.1 Å². The van der Waals surface area contributed by atoms with Gasteiger partial charge in [-0.05, 0) is 46.5 Å². The maximum absolute atomic E-state index is 13.5. The standard InChI is InChI=1S/C30H31Cl2F3N4O3/c1-2-27(40)38-26(14-18-7-10-22(11-8-18)30(33,34)35)29(42)39-25(15-21-9-12-23(31)24(32)13-21)28(41)37-17-20-5-3-19(16-36)4-6-20/h3-13,25-26H,2,14-17,36H2,1H3,(H,37,41)(H,38,40)(H,39,42)/t25-,26?/m0/s1. The molecule has 7 nitrogen and oxygen atoms in total. The van der Waals surface area contributed by atoms with E-state index in [-0.39, 0.29) is 30.8 Å². The number of nitrogens with one attached hydrogen (secondary N) is 3. The first kappa shape index (κ1) is 32.9. The number of benzene rings is 3. The highest BCUT2D eigenvalue weighted by Crippen LogP contribution is 2.29. The molecule has 0 spiro atoms. The molecule has 0 bridgehead atoms. The number of nitrogens with two attached hydrogens (primary N) is 1. The lowest BCUT2D eigenvalue weighted by molar-refractivity contribution is -0.137. The van der Waals surface area contributed by atoms with Crippen molar-refractivity contribution in [3.05, 3.63) is 105 Å². The quantitative estimate of drug-likeness (QED) is 0.229. The van der Waals surface area contributed by atoms with Gasteiger partial charge in [-0.3, -0.25) is 14.4 Å². The van der Waals surface area contributed by atoms with Crippen LogP contribution in [-0.2, 0) is 46.5 Å². The van der Waals surface area contributed by atoms with Gasteiger partial charge >= 0.3 is 6.18 Å². The van der Waals surface area contributed by atoms with E-state index in [1.54, 1.807) is 25.1 Å². The molecule has 0 saturated heterocycles. The van der Waals surface area contributed by atoms with E-state index in [0.717, 1.165) is 23.3 Å². The smallest absolute Gasteiger partial charge is 0.350 e. The zero-order chi connectivity index (χ0) is 30.9. The maximum Gasteiger partial charge on any atom is 0.416 e. The fourth-order valence-electron chi connectivity index (χ4n) is 4.06. The normalized spacial score (nSPS) is 12.7. The topological polar surface area (TPSA) is 113 Å². The van der Waals surface area contributed by atoms with Crippen molar-refractivity contribution in [3.63, 3.8) is 0 Å². The summed E-state index contributed by atoms with van der Waals surface area (Å²) < 4.78 is 39.0. The summed E-state index contributed by atoms with van der Waals surface area (Å²) >= 11 is 12.2. The van der Waals surface area contributed by atoms with E-state index in [9.17, 15) is 27.6 Å². The molecule has 0 saturated carbocycles. The van der Waals surface area contributed by atoms with Crippen molar-refractivity contribution in [3.8, 4) is 0 Å². The number of halogens is 5. The molecule has 224 valence electrons. The summed E-state index contributed by atoms with van der Waals surface area (Å²) in [6.45, 7) is 2.16. The first-order valence-electron chi connectivity index (χ1n) is 13.1. The molecular formula is C30H31Cl2F3N4O3. The molecule has 0 aromatic heterocycles. The highest BCUT2D eigenvalue weighted by molar-refractivity contribution is 6.42. The van der Waals surface area contributed by atoms with Gasteiger partial charge in [-0.15, -0.1) is 0 Å². The van der Waals surface area contributed by atoms with Crippen LogP contribution in [0.3, 0.4) is 0 Å². The Kier molecular flexibility index (Phi) is 11.8. The molecule has 0 radical (unpaired) electrons. The van der Waals surface area contributed by atoms with Crippen LogP contribution in [0.25, 0.3) is 0 Å².